The van der Waals surface area contributed by atoms with Gasteiger partial charge in [-0.1, -0.05) is 60.7 Å². The van der Waals surface area contributed by atoms with Crippen LogP contribution in [-0.4, -0.2) is 23.7 Å². The lowest BCUT2D eigenvalue weighted by Gasteiger charge is -2.13. The predicted octanol–water partition coefficient (Wildman–Crippen LogP) is 2.86. The van der Waals surface area contributed by atoms with E-state index in [0.29, 0.717) is 6.42 Å². The highest BCUT2D eigenvalue weighted by Crippen LogP contribution is 2.09. The SMILES string of the molecule is O=C(NCC(Cc1ccccc1)C(=O)O)OCc1ccccc1. The molecule has 1 amide bonds. The van der Waals surface area contributed by atoms with E-state index in [1.165, 1.54) is 0 Å². The van der Waals surface area contributed by atoms with Crippen molar-refractivity contribution < 1.29 is 19.4 Å². The van der Waals surface area contributed by atoms with Crippen molar-refractivity contribution >= 4 is 12.1 Å². The molecule has 1 unspecified atom stereocenters. The molecule has 2 aromatic carbocycles. The monoisotopic (exact) mass is 313 g/mol. The van der Waals surface area contributed by atoms with Crippen molar-refractivity contribution in [3.63, 3.8) is 0 Å². The second kappa shape index (κ2) is 8.58. The molecule has 1 atom stereocenters. The minimum absolute atomic E-state index is 0.0256. The summed E-state index contributed by atoms with van der Waals surface area (Å²) in [5, 5.41) is 11.8. The Morgan fingerprint density at radius 3 is 2.09 bits per heavy atom. The summed E-state index contributed by atoms with van der Waals surface area (Å²) in [7, 11) is 0. The largest absolute Gasteiger partial charge is 0.481 e. The molecule has 2 N–H and O–H groups in total. The average molecular weight is 313 g/mol. The first-order valence-electron chi connectivity index (χ1n) is 7.36. The highest BCUT2D eigenvalue weighted by Gasteiger charge is 2.19. The van der Waals surface area contributed by atoms with Crippen LogP contribution in [-0.2, 0) is 22.6 Å². The number of ether oxygens (including phenoxy) is 1. The molecule has 2 aromatic rings. The molecular weight excluding hydrogens is 294 g/mol. The summed E-state index contributed by atoms with van der Waals surface area (Å²) in [6, 6.07) is 18.6. The maximum Gasteiger partial charge on any atom is 0.407 e. The molecular formula is C18H19NO4. The van der Waals surface area contributed by atoms with Gasteiger partial charge >= 0.3 is 12.1 Å². The van der Waals surface area contributed by atoms with Crippen molar-refractivity contribution in [2.75, 3.05) is 6.54 Å². The fourth-order valence-corrected chi connectivity index (χ4v) is 2.13. The molecule has 0 spiro atoms. The maximum atomic E-state index is 11.7. The van der Waals surface area contributed by atoms with Gasteiger partial charge in [0.15, 0.2) is 0 Å². The van der Waals surface area contributed by atoms with Crippen LogP contribution in [0.2, 0.25) is 0 Å². The van der Waals surface area contributed by atoms with Crippen molar-refractivity contribution in [2.45, 2.75) is 13.0 Å². The van der Waals surface area contributed by atoms with Crippen LogP contribution in [0.5, 0.6) is 0 Å². The Bertz CT molecular complexity index is 628. The molecule has 0 aromatic heterocycles. The van der Waals surface area contributed by atoms with Gasteiger partial charge in [0.25, 0.3) is 0 Å². The lowest BCUT2D eigenvalue weighted by molar-refractivity contribution is -0.141. The Balaban J connectivity index is 1.79. The Morgan fingerprint density at radius 1 is 0.957 bits per heavy atom. The van der Waals surface area contributed by atoms with Crippen LogP contribution in [0.25, 0.3) is 0 Å². The van der Waals surface area contributed by atoms with E-state index in [2.05, 4.69) is 5.32 Å². The molecule has 0 bridgehead atoms. The number of carbonyl (C=O) groups excluding carboxylic acids is 1. The van der Waals surface area contributed by atoms with Gasteiger partial charge in [-0.2, -0.15) is 0 Å². The van der Waals surface area contributed by atoms with Gasteiger partial charge < -0.3 is 15.2 Å². The summed E-state index contributed by atoms with van der Waals surface area (Å²) >= 11 is 0. The summed E-state index contributed by atoms with van der Waals surface area (Å²) in [5.41, 5.74) is 1.79. The van der Waals surface area contributed by atoms with Crippen molar-refractivity contribution in [3.8, 4) is 0 Å². The molecule has 0 aliphatic heterocycles. The molecule has 23 heavy (non-hydrogen) atoms. The van der Waals surface area contributed by atoms with Gasteiger partial charge in [0.1, 0.15) is 6.61 Å². The molecule has 0 heterocycles. The van der Waals surface area contributed by atoms with Gasteiger partial charge in [-0.05, 0) is 17.5 Å². The van der Waals surface area contributed by atoms with Crippen molar-refractivity contribution in [1.82, 2.24) is 5.32 Å². The summed E-state index contributed by atoms with van der Waals surface area (Å²) in [6.45, 7) is 0.181. The van der Waals surface area contributed by atoms with Crippen molar-refractivity contribution in [1.29, 1.82) is 0 Å². The third-order valence-corrected chi connectivity index (χ3v) is 3.38. The Labute approximate surface area is 134 Å². The smallest absolute Gasteiger partial charge is 0.407 e. The van der Waals surface area contributed by atoms with Gasteiger partial charge in [0.2, 0.25) is 0 Å². The number of carboxylic acid groups (broad SMARTS) is 1. The molecule has 5 nitrogen and oxygen atoms in total. The third-order valence-electron chi connectivity index (χ3n) is 3.38. The minimum atomic E-state index is -0.947. The Kier molecular flexibility index (Phi) is 6.17. The number of hydrogen-bond acceptors (Lipinski definition) is 3. The lowest BCUT2D eigenvalue weighted by atomic mass is 9.99. The van der Waals surface area contributed by atoms with Crippen LogP contribution in [0.4, 0.5) is 4.79 Å². The fraction of sp³-hybridized carbons (Fsp3) is 0.222. The van der Waals surface area contributed by atoms with Gasteiger partial charge in [-0.25, -0.2) is 4.79 Å². The van der Waals surface area contributed by atoms with Crippen LogP contribution in [0.15, 0.2) is 60.7 Å². The lowest BCUT2D eigenvalue weighted by Crippen LogP contribution is -2.34. The predicted molar refractivity (Wildman–Crippen MR) is 85.9 cm³/mol. The quantitative estimate of drug-likeness (QED) is 0.824. The molecule has 0 aliphatic rings. The average Bonchev–Trinajstić information content (AvgIpc) is 2.58. The zero-order valence-corrected chi connectivity index (χ0v) is 12.6. The zero-order valence-electron chi connectivity index (χ0n) is 12.6. The standard InChI is InChI=1S/C18H19NO4/c20-17(21)16(11-14-7-3-1-4-8-14)12-19-18(22)23-13-15-9-5-2-6-10-15/h1-10,16H,11-13H2,(H,19,22)(H,20,21). The molecule has 2 rings (SSSR count). The number of hydrogen-bond donors (Lipinski definition) is 2. The maximum absolute atomic E-state index is 11.7. The molecule has 120 valence electrons. The van der Waals surface area contributed by atoms with E-state index in [4.69, 9.17) is 4.74 Å². The van der Waals surface area contributed by atoms with Crippen molar-refractivity contribution in [3.05, 3.63) is 71.8 Å². The topological polar surface area (TPSA) is 75.6 Å². The van der Waals surface area contributed by atoms with Gasteiger partial charge in [-0.3, -0.25) is 4.79 Å². The van der Waals surface area contributed by atoms with Crippen LogP contribution >= 0.6 is 0 Å². The minimum Gasteiger partial charge on any atom is -0.481 e. The van der Waals surface area contributed by atoms with Gasteiger partial charge in [0.05, 0.1) is 5.92 Å². The van der Waals surface area contributed by atoms with Crippen LogP contribution in [0, 0.1) is 5.92 Å². The van der Waals surface area contributed by atoms with E-state index in [-0.39, 0.29) is 13.2 Å². The van der Waals surface area contributed by atoms with E-state index >= 15 is 0 Å². The number of aliphatic carboxylic acids is 1. The normalized spacial score (nSPS) is 11.5. The van der Waals surface area contributed by atoms with E-state index < -0.39 is 18.0 Å². The number of nitrogens with one attached hydrogen (secondary N) is 1. The van der Waals surface area contributed by atoms with Crippen molar-refractivity contribution in [2.24, 2.45) is 5.92 Å². The summed E-state index contributed by atoms with van der Waals surface area (Å²) in [6.07, 6.45) is -0.261. The molecule has 0 radical (unpaired) electrons. The molecule has 0 saturated carbocycles. The first-order valence-corrected chi connectivity index (χ1v) is 7.36. The number of benzene rings is 2. The van der Waals surface area contributed by atoms with Crippen LogP contribution < -0.4 is 5.32 Å². The van der Waals surface area contributed by atoms with Gasteiger partial charge in [-0.15, -0.1) is 0 Å². The second-order valence-electron chi connectivity index (χ2n) is 5.17. The number of carbonyl (C=O) groups is 2. The van der Waals surface area contributed by atoms with Crippen LogP contribution in [0.3, 0.4) is 0 Å². The second-order valence-corrected chi connectivity index (χ2v) is 5.17. The summed E-state index contributed by atoms with van der Waals surface area (Å²) in [5.74, 6) is -1.64. The molecule has 0 saturated heterocycles. The van der Waals surface area contributed by atoms with E-state index in [1.54, 1.807) is 0 Å². The van der Waals surface area contributed by atoms with Crippen LogP contribution in [0.1, 0.15) is 11.1 Å². The Morgan fingerprint density at radius 2 is 1.52 bits per heavy atom. The number of amides is 1. The highest BCUT2D eigenvalue weighted by molar-refractivity contribution is 5.72. The molecule has 0 aliphatic carbocycles. The first kappa shape index (κ1) is 16.5. The van der Waals surface area contributed by atoms with E-state index in [9.17, 15) is 14.7 Å². The third kappa shape index (κ3) is 5.82. The zero-order chi connectivity index (χ0) is 16.5. The van der Waals surface area contributed by atoms with E-state index in [1.807, 2.05) is 60.7 Å². The number of rotatable bonds is 7. The Hall–Kier alpha value is -2.82. The number of alkyl carbamates (subject to hydrolysis) is 1. The van der Waals surface area contributed by atoms with E-state index in [0.717, 1.165) is 11.1 Å². The summed E-state index contributed by atoms with van der Waals surface area (Å²) < 4.78 is 5.07. The molecule has 5 heteroatoms. The first-order chi connectivity index (χ1) is 11.1. The number of carboxylic acids is 1. The molecule has 0 fully saturated rings. The van der Waals surface area contributed by atoms with Gasteiger partial charge in [0, 0.05) is 6.54 Å². The fourth-order valence-electron chi connectivity index (χ4n) is 2.13. The summed E-state index contributed by atoms with van der Waals surface area (Å²) in [4.78, 5) is 23.0. The highest BCUT2D eigenvalue weighted by atomic mass is 16.5.